The molecule has 0 amide bonds. The summed E-state index contributed by atoms with van der Waals surface area (Å²) in [5.74, 6) is 1.22. The third-order valence-corrected chi connectivity index (χ3v) is 5.41. The van der Waals surface area contributed by atoms with E-state index in [0.717, 1.165) is 11.1 Å². The fourth-order valence-electron chi connectivity index (χ4n) is 3.21. The van der Waals surface area contributed by atoms with E-state index in [2.05, 4.69) is 33.9 Å². The van der Waals surface area contributed by atoms with E-state index in [0.29, 0.717) is 17.1 Å². The van der Waals surface area contributed by atoms with Crippen LogP contribution in [0.1, 0.15) is 49.7 Å². The van der Waals surface area contributed by atoms with Crippen LogP contribution in [-0.2, 0) is 9.16 Å². The van der Waals surface area contributed by atoms with Crippen molar-refractivity contribution in [1.82, 2.24) is 0 Å². The molecule has 0 aliphatic rings. The van der Waals surface area contributed by atoms with Gasteiger partial charge in [-0.2, -0.15) is 0 Å². The molecule has 0 saturated heterocycles. The highest BCUT2D eigenvalue weighted by atomic mass is 28.3. The Kier molecular flexibility index (Phi) is 8.28. The van der Waals surface area contributed by atoms with Gasteiger partial charge in [-0.3, -0.25) is 0 Å². The molecular formula is C23H34O5Si. The smallest absolute Gasteiger partial charge is 0.188 e. The summed E-state index contributed by atoms with van der Waals surface area (Å²) in [5.41, 5.74) is 2.52. The molecule has 0 radical (unpaired) electrons. The van der Waals surface area contributed by atoms with Crippen LogP contribution in [0.3, 0.4) is 0 Å². The lowest BCUT2D eigenvalue weighted by atomic mass is 9.84. The third kappa shape index (κ3) is 6.31. The molecule has 29 heavy (non-hydrogen) atoms. The molecule has 0 bridgehead atoms. The Bertz CT molecular complexity index is 768. The maximum absolute atomic E-state index is 11.0. The van der Waals surface area contributed by atoms with Gasteiger partial charge in [-0.05, 0) is 47.8 Å². The number of hydrogen-bond acceptors (Lipinski definition) is 5. The minimum absolute atomic E-state index is 0.00857. The Morgan fingerprint density at radius 3 is 2.10 bits per heavy atom. The van der Waals surface area contributed by atoms with Crippen LogP contribution in [0.2, 0.25) is 13.1 Å². The lowest BCUT2D eigenvalue weighted by Crippen LogP contribution is -2.25. The summed E-state index contributed by atoms with van der Waals surface area (Å²) in [7, 11) is 1.96. The summed E-state index contributed by atoms with van der Waals surface area (Å²) >= 11 is 0. The van der Waals surface area contributed by atoms with E-state index in [1.807, 2.05) is 24.3 Å². The van der Waals surface area contributed by atoms with Gasteiger partial charge in [0.25, 0.3) is 0 Å². The quantitative estimate of drug-likeness (QED) is 0.466. The van der Waals surface area contributed by atoms with Gasteiger partial charge < -0.3 is 23.7 Å². The van der Waals surface area contributed by atoms with Crippen molar-refractivity contribution in [3.05, 3.63) is 59.2 Å². The normalized spacial score (nSPS) is 14.0. The summed E-state index contributed by atoms with van der Waals surface area (Å²) in [4.78, 5) is 0. The zero-order valence-corrected chi connectivity index (χ0v) is 19.7. The average molecular weight is 419 g/mol. The molecule has 0 aliphatic heterocycles. The third-order valence-electron chi connectivity index (χ3n) is 4.59. The Labute approximate surface area is 176 Å². The molecule has 0 heterocycles. The summed E-state index contributed by atoms with van der Waals surface area (Å²) < 4.78 is 22.2. The second kappa shape index (κ2) is 10.3. The van der Waals surface area contributed by atoms with Gasteiger partial charge in [-0.1, -0.05) is 45.0 Å². The second-order valence-electron chi connectivity index (χ2n) is 8.45. The summed E-state index contributed by atoms with van der Waals surface area (Å²) in [5, 5.41) is 11.0. The van der Waals surface area contributed by atoms with Crippen molar-refractivity contribution in [2.75, 3.05) is 21.0 Å². The molecule has 0 spiro atoms. The van der Waals surface area contributed by atoms with Gasteiger partial charge in [-0.25, -0.2) is 0 Å². The Morgan fingerprint density at radius 1 is 0.966 bits per heavy atom. The van der Waals surface area contributed by atoms with Gasteiger partial charge in [0.15, 0.2) is 15.8 Å². The molecule has 0 saturated carbocycles. The van der Waals surface area contributed by atoms with Gasteiger partial charge in [0.05, 0.1) is 13.2 Å². The van der Waals surface area contributed by atoms with Crippen LogP contribution in [0.4, 0.5) is 0 Å². The van der Waals surface area contributed by atoms with Crippen molar-refractivity contribution in [2.24, 2.45) is 5.41 Å². The minimum atomic E-state index is -1.20. The number of methoxy groups -OCH3 is 2. The highest BCUT2D eigenvalue weighted by Crippen LogP contribution is 2.38. The first-order valence-electron chi connectivity index (χ1n) is 9.90. The molecule has 2 aromatic carbocycles. The van der Waals surface area contributed by atoms with Crippen molar-refractivity contribution < 1.29 is 23.7 Å². The molecule has 6 heteroatoms. The molecule has 0 aliphatic carbocycles. The SMILES string of the molecule is COCOc1ccc(OC)cc1C(O)c1ccc(C(O[SiH](C)C)C(C)(C)C)cc1. The van der Waals surface area contributed by atoms with E-state index in [9.17, 15) is 5.11 Å². The monoisotopic (exact) mass is 418 g/mol. The molecule has 1 N–H and O–H groups in total. The van der Waals surface area contributed by atoms with Crippen LogP contribution in [0.25, 0.3) is 0 Å². The molecule has 0 fully saturated rings. The first-order valence-corrected chi connectivity index (χ1v) is 12.7. The maximum Gasteiger partial charge on any atom is 0.188 e. The number of hydrogen-bond donors (Lipinski definition) is 1. The van der Waals surface area contributed by atoms with Gasteiger partial charge in [-0.15, -0.1) is 0 Å². The first kappa shape index (κ1) is 23.4. The zero-order chi connectivity index (χ0) is 21.6. The summed E-state index contributed by atoms with van der Waals surface area (Å²) in [6, 6.07) is 13.3. The average Bonchev–Trinajstić information content (AvgIpc) is 2.69. The Hall–Kier alpha value is -1.86. The Balaban J connectivity index is 2.33. The van der Waals surface area contributed by atoms with Crippen molar-refractivity contribution in [3.63, 3.8) is 0 Å². The topological polar surface area (TPSA) is 57.2 Å². The fourth-order valence-corrected chi connectivity index (χ4v) is 4.32. The van der Waals surface area contributed by atoms with Gasteiger partial charge in [0.2, 0.25) is 0 Å². The predicted molar refractivity (Wildman–Crippen MR) is 118 cm³/mol. The van der Waals surface area contributed by atoms with Crippen molar-refractivity contribution in [3.8, 4) is 11.5 Å². The molecule has 2 unspecified atom stereocenters. The van der Waals surface area contributed by atoms with E-state index >= 15 is 0 Å². The molecule has 0 aromatic heterocycles. The molecular weight excluding hydrogens is 384 g/mol. The van der Waals surface area contributed by atoms with E-state index in [4.69, 9.17) is 18.6 Å². The molecule has 5 nitrogen and oxygen atoms in total. The van der Waals surface area contributed by atoms with Crippen molar-refractivity contribution >= 4 is 9.04 Å². The highest BCUT2D eigenvalue weighted by Gasteiger charge is 2.28. The van der Waals surface area contributed by atoms with E-state index in [1.54, 1.807) is 32.4 Å². The zero-order valence-electron chi connectivity index (χ0n) is 18.6. The minimum Gasteiger partial charge on any atom is -0.497 e. The lowest BCUT2D eigenvalue weighted by molar-refractivity contribution is 0.0487. The van der Waals surface area contributed by atoms with Crippen LogP contribution in [0, 0.1) is 5.41 Å². The van der Waals surface area contributed by atoms with Gasteiger partial charge >= 0.3 is 0 Å². The highest BCUT2D eigenvalue weighted by molar-refractivity contribution is 6.48. The van der Waals surface area contributed by atoms with Gasteiger partial charge in [0, 0.05) is 12.7 Å². The van der Waals surface area contributed by atoms with Crippen LogP contribution in [0.5, 0.6) is 11.5 Å². The summed E-state index contributed by atoms with van der Waals surface area (Å²) in [6.45, 7) is 11.0. The van der Waals surface area contributed by atoms with Crippen LogP contribution in [-0.4, -0.2) is 35.2 Å². The van der Waals surface area contributed by atoms with E-state index < -0.39 is 15.1 Å². The van der Waals surface area contributed by atoms with Crippen molar-refractivity contribution in [2.45, 2.75) is 46.1 Å². The molecule has 2 atom stereocenters. The largest absolute Gasteiger partial charge is 0.497 e. The standard InChI is InChI=1S/C23H34O5Si/c1-23(2,3)22(28-29(6)7)17-10-8-16(9-11-17)21(24)19-14-18(26-5)12-13-20(19)27-15-25-4/h8-14,21-22,24,29H,15H2,1-7H3. The van der Waals surface area contributed by atoms with E-state index in [1.165, 1.54) is 0 Å². The van der Waals surface area contributed by atoms with E-state index in [-0.39, 0.29) is 18.3 Å². The summed E-state index contributed by atoms with van der Waals surface area (Å²) in [6.07, 6.45) is -0.822. The lowest BCUT2D eigenvalue weighted by Gasteiger charge is -2.33. The number of ether oxygens (including phenoxy) is 3. The number of aliphatic hydroxyl groups excluding tert-OH is 1. The molecule has 160 valence electrons. The van der Waals surface area contributed by atoms with Crippen molar-refractivity contribution in [1.29, 1.82) is 0 Å². The predicted octanol–water partition coefficient (Wildman–Crippen LogP) is 4.85. The van der Waals surface area contributed by atoms with Crippen LogP contribution >= 0.6 is 0 Å². The second-order valence-corrected chi connectivity index (χ2v) is 10.8. The number of aliphatic hydroxyl groups is 1. The number of rotatable bonds is 9. The van der Waals surface area contributed by atoms with Crippen LogP contribution in [0.15, 0.2) is 42.5 Å². The maximum atomic E-state index is 11.0. The molecule has 2 rings (SSSR count). The first-order chi connectivity index (χ1) is 13.7. The fraction of sp³-hybridized carbons (Fsp3) is 0.478. The Morgan fingerprint density at radius 2 is 1.59 bits per heavy atom. The van der Waals surface area contributed by atoms with Crippen LogP contribution < -0.4 is 9.47 Å². The number of benzene rings is 2. The molecule has 2 aromatic rings. The van der Waals surface area contributed by atoms with Gasteiger partial charge in [0.1, 0.15) is 17.6 Å².